The van der Waals surface area contributed by atoms with E-state index in [2.05, 4.69) is 20.1 Å². The zero-order valence-electron chi connectivity index (χ0n) is 22.4. The van der Waals surface area contributed by atoms with Crippen molar-refractivity contribution in [3.8, 4) is 0 Å². The van der Waals surface area contributed by atoms with Gasteiger partial charge in [0, 0.05) is 35.1 Å². The first kappa shape index (κ1) is 28.7. The number of carbonyl (C=O) groups is 3. The molecule has 206 valence electrons. The van der Waals surface area contributed by atoms with Gasteiger partial charge in [-0.15, -0.1) is 24.9 Å². The summed E-state index contributed by atoms with van der Waals surface area (Å²) in [7, 11) is 0. The Morgan fingerprint density at radius 2 is 1.87 bits per heavy atom. The minimum absolute atomic E-state index is 0.0491. The molecule has 3 saturated heterocycles. The molecule has 3 aliphatic heterocycles. The molecule has 1 N–H and O–H groups in total. The Labute approximate surface area is 234 Å². The van der Waals surface area contributed by atoms with Crippen molar-refractivity contribution < 1.29 is 19.5 Å². The molecule has 38 heavy (non-hydrogen) atoms. The van der Waals surface area contributed by atoms with Crippen LogP contribution in [0.1, 0.15) is 40.0 Å². The van der Waals surface area contributed by atoms with Crippen LogP contribution in [0.2, 0.25) is 5.02 Å². The third-order valence-electron chi connectivity index (χ3n) is 8.32. The van der Waals surface area contributed by atoms with E-state index in [9.17, 15) is 19.5 Å². The predicted octanol–water partition coefficient (Wildman–Crippen LogP) is 4.15. The average Bonchev–Trinajstić information content (AvgIpc) is 3.47. The quantitative estimate of drug-likeness (QED) is 0.412. The molecule has 0 saturated carbocycles. The molecule has 1 aromatic carbocycles. The summed E-state index contributed by atoms with van der Waals surface area (Å²) in [5.74, 6) is -1.68. The number of carbonyl (C=O) groups excluding carboxylic acids is 3. The number of thioether (sulfide) groups is 1. The molecule has 7 nitrogen and oxygen atoms in total. The van der Waals surface area contributed by atoms with E-state index in [1.807, 2.05) is 6.92 Å². The molecule has 6 atom stereocenters. The molecule has 9 heteroatoms. The summed E-state index contributed by atoms with van der Waals surface area (Å²) in [4.78, 5) is 47.8. The number of aliphatic hydroxyl groups is 1. The summed E-state index contributed by atoms with van der Waals surface area (Å²) in [5.41, 5.74) is 0.652. The van der Waals surface area contributed by atoms with Gasteiger partial charge in [-0.25, -0.2) is 0 Å². The summed E-state index contributed by atoms with van der Waals surface area (Å²) < 4.78 is -1.22. The van der Waals surface area contributed by atoms with Gasteiger partial charge >= 0.3 is 0 Å². The molecule has 0 radical (unpaired) electrons. The van der Waals surface area contributed by atoms with E-state index in [4.69, 9.17) is 11.6 Å². The summed E-state index contributed by atoms with van der Waals surface area (Å²) in [6, 6.07) is 5.61. The van der Waals surface area contributed by atoms with Gasteiger partial charge in [0.25, 0.3) is 5.91 Å². The molecule has 0 aliphatic carbocycles. The summed E-state index contributed by atoms with van der Waals surface area (Å²) >= 11 is 7.74. The Bertz CT molecular complexity index is 1110. The van der Waals surface area contributed by atoms with E-state index >= 15 is 0 Å². The highest BCUT2D eigenvalue weighted by atomic mass is 35.5. The van der Waals surface area contributed by atoms with Gasteiger partial charge in [0.05, 0.1) is 29.2 Å². The molecule has 3 amide bonds. The van der Waals surface area contributed by atoms with Crippen molar-refractivity contribution in [2.75, 3.05) is 31.1 Å². The van der Waals surface area contributed by atoms with Crippen molar-refractivity contribution in [2.24, 2.45) is 11.8 Å². The number of likely N-dealkylation sites (tertiary alicyclic amines) is 1. The number of halogens is 1. The minimum Gasteiger partial charge on any atom is -0.394 e. The van der Waals surface area contributed by atoms with Crippen LogP contribution in [0, 0.1) is 11.8 Å². The van der Waals surface area contributed by atoms with Gasteiger partial charge in [-0.3, -0.25) is 14.4 Å². The van der Waals surface area contributed by atoms with Crippen molar-refractivity contribution in [3.63, 3.8) is 0 Å². The molecule has 3 aliphatic rings. The highest BCUT2D eigenvalue weighted by Crippen LogP contribution is 2.72. The number of amides is 3. The molecule has 1 aromatic rings. The maximum absolute atomic E-state index is 14.5. The van der Waals surface area contributed by atoms with Crippen LogP contribution >= 0.6 is 23.4 Å². The lowest BCUT2D eigenvalue weighted by atomic mass is 9.66. The number of nitrogens with zero attached hydrogens (tertiary/aromatic N) is 3. The molecule has 4 rings (SSSR count). The minimum atomic E-state index is -0.818. The smallest absolute Gasteiger partial charge is 0.251 e. The number of rotatable bonds is 11. The first-order valence-electron chi connectivity index (χ1n) is 13.3. The fourth-order valence-corrected chi connectivity index (χ4v) is 9.17. The molecular weight excluding hydrogens is 522 g/mol. The number of hydrogen-bond acceptors (Lipinski definition) is 5. The lowest BCUT2D eigenvalue weighted by Crippen LogP contribution is -2.57. The second-order valence-electron chi connectivity index (χ2n) is 10.8. The van der Waals surface area contributed by atoms with Crippen LogP contribution in [0.25, 0.3) is 0 Å². The van der Waals surface area contributed by atoms with Gasteiger partial charge in [-0.05, 0) is 57.4 Å². The zero-order chi connectivity index (χ0) is 27.8. The van der Waals surface area contributed by atoms with Crippen molar-refractivity contribution in [3.05, 3.63) is 54.6 Å². The summed E-state index contributed by atoms with van der Waals surface area (Å²) in [5, 5.41) is 10.7. The monoisotopic (exact) mass is 559 g/mol. The first-order chi connectivity index (χ1) is 18.1. The van der Waals surface area contributed by atoms with Crippen LogP contribution < -0.4 is 4.90 Å². The van der Waals surface area contributed by atoms with E-state index in [1.54, 1.807) is 69.8 Å². The number of anilines is 1. The van der Waals surface area contributed by atoms with Gasteiger partial charge in [0.15, 0.2) is 0 Å². The van der Waals surface area contributed by atoms with Gasteiger partial charge in [-0.2, -0.15) is 0 Å². The summed E-state index contributed by atoms with van der Waals surface area (Å²) in [6.07, 6.45) is 5.56. The van der Waals surface area contributed by atoms with Crippen molar-refractivity contribution in [2.45, 2.75) is 61.6 Å². The molecule has 2 bridgehead atoms. The molecule has 3 fully saturated rings. The fourth-order valence-electron chi connectivity index (χ4n) is 6.72. The number of fused-ring (bicyclic) bond motifs is 1. The summed E-state index contributed by atoms with van der Waals surface area (Å²) in [6.45, 7) is 14.5. The van der Waals surface area contributed by atoms with Crippen LogP contribution in [-0.2, 0) is 14.4 Å². The first-order valence-corrected chi connectivity index (χ1v) is 14.5. The van der Waals surface area contributed by atoms with Crippen LogP contribution in [0.5, 0.6) is 0 Å². The van der Waals surface area contributed by atoms with E-state index in [0.29, 0.717) is 30.2 Å². The van der Waals surface area contributed by atoms with Gasteiger partial charge < -0.3 is 19.8 Å². The lowest BCUT2D eigenvalue weighted by Gasteiger charge is -2.39. The lowest BCUT2D eigenvalue weighted by molar-refractivity contribution is -0.146. The maximum Gasteiger partial charge on any atom is 0.251 e. The van der Waals surface area contributed by atoms with Gasteiger partial charge in [-0.1, -0.05) is 30.7 Å². The van der Waals surface area contributed by atoms with Gasteiger partial charge in [0.2, 0.25) is 11.8 Å². The van der Waals surface area contributed by atoms with Crippen LogP contribution in [0.4, 0.5) is 5.69 Å². The van der Waals surface area contributed by atoms with Crippen molar-refractivity contribution in [1.29, 1.82) is 0 Å². The number of benzene rings is 1. The van der Waals surface area contributed by atoms with Crippen molar-refractivity contribution in [1.82, 2.24) is 9.80 Å². The van der Waals surface area contributed by atoms with E-state index in [1.165, 1.54) is 0 Å². The molecule has 2 unspecified atom stereocenters. The Kier molecular flexibility index (Phi) is 8.36. The Hall–Kier alpha value is -2.29. The van der Waals surface area contributed by atoms with E-state index in [-0.39, 0.29) is 30.9 Å². The largest absolute Gasteiger partial charge is 0.394 e. The third-order valence-corrected chi connectivity index (χ3v) is 10.6. The van der Waals surface area contributed by atoms with Crippen molar-refractivity contribution >= 4 is 46.8 Å². The number of hydrogen-bond donors (Lipinski definition) is 1. The topological polar surface area (TPSA) is 81.2 Å². The van der Waals surface area contributed by atoms with Crippen LogP contribution in [-0.4, -0.2) is 80.4 Å². The SMILES string of the molecule is C=CCN(CCC)C(=O)[C@H]1[C@H]2C(=O)N([C@H](C)CO)C(C(=O)N(CC=C)c3ccc(Cl)cc3)C23CC[C@]1(C)S3. The second kappa shape index (κ2) is 11.1. The highest BCUT2D eigenvalue weighted by Gasteiger charge is 2.77. The average molecular weight is 560 g/mol. The van der Waals surface area contributed by atoms with Gasteiger partial charge in [0.1, 0.15) is 6.04 Å². The Balaban J connectivity index is 1.81. The fraction of sp³-hybridized carbons (Fsp3) is 0.552. The Morgan fingerprint density at radius 1 is 1.21 bits per heavy atom. The molecule has 3 heterocycles. The third kappa shape index (κ3) is 4.48. The van der Waals surface area contributed by atoms with Crippen LogP contribution in [0.3, 0.4) is 0 Å². The normalized spacial score (nSPS) is 30.2. The van der Waals surface area contributed by atoms with Crippen LogP contribution in [0.15, 0.2) is 49.6 Å². The van der Waals surface area contributed by atoms with E-state index < -0.39 is 33.4 Å². The van der Waals surface area contributed by atoms with E-state index in [0.717, 1.165) is 12.8 Å². The second-order valence-corrected chi connectivity index (χ2v) is 13.1. The number of aliphatic hydroxyl groups excluding tert-OH is 1. The molecule has 0 aromatic heterocycles. The molecular formula is C29H38ClN3O4S. The standard InChI is InChI=1S/C29H38ClN3O4S/c1-6-15-31(16-7-2)25(35)22-23-26(36)33(19(4)18-34)24(29(23)14-13-28(22,5)38-29)27(37)32(17-8-3)21-11-9-20(30)10-12-21/h6,8-12,19,22-24,34H,1,3,7,13-18H2,2,4-5H3/t19-,22-,23+,24?,28+,29?/m1/s1. The maximum atomic E-state index is 14.5. The Morgan fingerprint density at radius 3 is 2.45 bits per heavy atom. The predicted molar refractivity (Wildman–Crippen MR) is 153 cm³/mol. The highest BCUT2D eigenvalue weighted by molar-refractivity contribution is 8.02. The zero-order valence-corrected chi connectivity index (χ0v) is 24.0. The molecule has 1 spiro atoms.